The first-order valence-electron chi connectivity index (χ1n) is 10.8. The lowest BCUT2D eigenvalue weighted by molar-refractivity contribution is 0.450. The monoisotopic (exact) mass is 394 g/mol. The first-order chi connectivity index (χ1) is 14.8. The lowest BCUT2D eigenvalue weighted by atomic mass is 10.1. The molecule has 0 saturated heterocycles. The molecular weight excluding hydrogens is 368 g/mol. The molecule has 0 fully saturated rings. The zero-order valence-electron chi connectivity index (χ0n) is 17.3. The quantitative estimate of drug-likeness (QED) is 0.329. The first kappa shape index (κ1) is 18.6. The fourth-order valence-electron chi connectivity index (χ4n) is 4.36. The van der Waals surface area contributed by atoms with Crippen LogP contribution in [0.1, 0.15) is 43.5 Å². The summed E-state index contributed by atoms with van der Waals surface area (Å²) in [6.07, 6.45) is 3.34. The molecule has 0 N–H and O–H groups in total. The van der Waals surface area contributed by atoms with Gasteiger partial charge in [0.2, 0.25) is 0 Å². The smallest absolute Gasteiger partial charge is 0.113 e. The predicted molar refractivity (Wildman–Crippen MR) is 123 cm³/mol. The van der Waals surface area contributed by atoms with Crippen molar-refractivity contribution >= 4 is 21.9 Å². The average Bonchev–Trinajstić information content (AvgIpc) is 3.38. The van der Waals surface area contributed by atoms with Crippen molar-refractivity contribution < 1.29 is 0 Å². The van der Waals surface area contributed by atoms with Crippen molar-refractivity contribution in [3.05, 3.63) is 96.2 Å². The summed E-state index contributed by atoms with van der Waals surface area (Å²) >= 11 is 0. The van der Waals surface area contributed by atoms with E-state index in [1.165, 1.54) is 22.2 Å². The summed E-state index contributed by atoms with van der Waals surface area (Å²) < 4.78 is 4.59. The number of hydrogen-bond acceptors (Lipinski definition) is 2. The minimum atomic E-state index is 0.147. The first-order valence-corrected chi connectivity index (χ1v) is 10.8. The molecule has 0 amide bonds. The Morgan fingerprint density at radius 1 is 0.833 bits per heavy atom. The van der Waals surface area contributed by atoms with Crippen LogP contribution in [0.25, 0.3) is 21.9 Å². The van der Waals surface area contributed by atoms with Crippen molar-refractivity contribution in [2.45, 2.75) is 38.8 Å². The van der Waals surface area contributed by atoms with Gasteiger partial charge in [-0.1, -0.05) is 85.6 Å². The Labute approximate surface area is 176 Å². The number of nitrogens with zero attached hydrogens (tertiary/aromatic N) is 4. The topological polar surface area (TPSA) is 35.6 Å². The number of benzene rings is 3. The number of aromatic nitrogens is 4. The second-order valence-corrected chi connectivity index (χ2v) is 7.88. The minimum absolute atomic E-state index is 0.147. The molecule has 30 heavy (non-hydrogen) atoms. The number of rotatable bonds is 7. The second-order valence-electron chi connectivity index (χ2n) is 7.88. The molecular formula is C26H26N4. The van der Waals surface area contributed by atoms with Gasteiger partial charge in [0.05, 0.1) is 11.6 Å². The second kappa shape index (κ2) is 8.15. The van der Waals surface area contributed by atoms with E-state index < -0.39 is 0 Å². The highest BCUT2D eigenvalue weighted by Crippen LogP contribution is 2.32. The van der Waals surface area contributed by atoms with E-state index in [0.717, 1.165) is 36.8 Å². The molecule has 0 saturated carbocycles. The lowest BCUT2D eigenvalue weighted by Crippen LogP contribution is -2.17. The molecule has 0 aliphatic heterocycles. The number of unbranched alkanes of at least 4 members (excludes halogenated alkanes) is 1. The van der Waals surface area contributed by atoms with E-state index in [1.807, 2.05) is 12.1 Å². The highest BCUT2D eigenvalue weighted by atomic mass is 15.4. The Bertz CT molecular complexity index is 1270. The molecule has 2 heterocycles. The van der Waals surface area contributed by atoms with Crippen LogP contribution < -0.4 is 0 Å². The van der Waals surface area contributed by atoms with Crippen LogP contribution in [0.3, 0.4) is 0 Å². The summed E-state index contributed by atoms with van der Waals surface area (Å²) in [6.45, 7) is 3.09. The summed E-state index contributed by atoms with van der Waals surface area (Å²) in [7, 11) is 0. The van der Waals surface area contributed by atoms with Gasteiger partial charge in [-0.3, -0.25) is 0 Å². The third kappa shape index (κ3) is 3.39. The molecule has 0 aliphatic rings. The molecule has 5 aromatic rings. The van der Waals surface area contributed by atoms with E-state index in [1.54, 1.807) is 0 Å². The van der Waals surface area contributed by atoms with Crippen LogP contribution in [0.2, 0.25) is 0 Å². The lowest BCUT2D eigenvalue weighted by Gasteiger charge is -2.21. The van der Waals surface area contributed by atoms with Crippen molar-refractivity contribution in [1.82, 2.24) is 19.6 Å². The third-order valence-electron chi connectivity index (χ3n) is 5.87. The van der Waals surface area contributed by atoms with Gasteiger partial charge in [-0.25, -0.2) is 4.68 Å². The van der Waals surface area contributed by atoms with Crippen LogP contribution in [0, 0.1) is 0 Å². The number of hydrogen-bond donors (Lipinski definition) is 0. The Kier molecular flexibility index (Phi) is 5.06. The fourth-order valence-corrected chi connectivity index (χ4v) is 4.36. The van der Waals surface area contributed by atoms with Crippen molar-refractivity contribution in [1.29, 1.82) is 0 Å². The molecule has 4 heteroatoms. The molecule has 5 rings (SSSR count). The maximum Gasteiger partial charge on any atom is 0.113 e. The molecule has 3 aromatic carbocycles. The normalized spacial score (nSPS) is 12.6. The van der Waals surface area contributed by atoms with Gasteiger partial charge in [-0.15, -0.1) is 5.10 Å². The van der Waals surface area contributed by atoms with Crippen LogP contribution >= 0.6 is 0 Å². The Morgan fingerprint density at radius 2 is 1.57 bits per heavy atom. The summed E-state index contributed by atoms with van der Waals surface area (Å²) in [5, 5.41) is 10.3. The Hall–Kier alpha value is -3.40. The summed E-state index contributed by atoms with van der Waals surface area (Å²) in [6, 6.07) is 30.1. The van der Waals surface area contributed by atoms with Gasteiger partial charge in [-0.2, -0.15) is 0 Å². The fraction of sp³-hybridized carbons (Fsp3) is 0.231. The standard InChI is InChI=1S/C26H26N4/c1-2-3-15-25(30-24-17-10-8-14-22(24)27-28-30)26-18-21-13-7-9-16-23(21)29(26)19-20-11-5-4-6-12-20/h4-14,16-18,25H,2-3,15,19H2,1H3. The van der Waals surface area contributed by atoms with Gasteiger partial charge < -0.3 is 4.57 Å². The van der Waals surface area contributed by atoms with Crippen molar-refractivity contribution in [3.63, 3.8) is 0 Å². The summed E-state index contributed by atoms with van der Waals surface area (Å²) in [4.78, 5) is 0. The van der Waals surface area contributed by atoms with Crippen LogP contribution in [0.5, 0.6) is 0 Å². The van der Waals surface area contributed by atoms with Crippen LogP contribution in [-0.4, -0.2) is 19.6 Å². The molecule has 0 radical (unpaired) electrons. The zero-order valence-corrected chi connectivity index (χ0v) is 17.3. The van der Waals surface area contributed by atoms with E-state index >= 15 is 0 Å². The van der Waals surface area contributed by atoms with Gasteiger partial charge in [0, 0.05) is 17.8 Å². The molecule has 0 bridgehead atoms. The molecule has 1 unspecified atom stereocenters. The van der Waals surface area contributed by atoms with Gasteiger partial charge in [-0.05, 0) is 41.6 Å². The third-order valence-corrected chi connectivity index (χ3v) is 5.87. The van der Waals surface area contributed by atoms with Gasteiger partial charge in [0.1, 0.15) is 5.52 Å². The van der Waals surface area contributed by atoms with Crippen molar-refractivity contribution in [2.24, 2.45) is 0 Å². The van der Waals surface area contributed by atoms with E-state index in [2.05, 4.69) is 99.3 Å². The maximum atomic E-state index is 4.60. The SMILES string of the molecule is CCCCC(c1cc2ccccc2n1Cc1ccccc1)n1nnc2ccccc21. The largest absolute Gasteiger partial charge is 0.338 e. The molecule has 1 atom stereocenters. The average molecular weight is 395 g/mol. The predicted octanol–water partition coefficient (Wildman–Crippen LogP) is 6.21. The van der Waals surface area contributed by atoms with Crippen LogP contribution in [-0.2, 0) is 6.54 Å². The van der Waals surface area contributed by atoms with E-state index in [9.17, 15) is 0 Å². The highest BCUT2D eigenvalue weighted by Gasteiger charge is 2.22. The van der Waals surface area contributed by atoms with Crippen LogP contribution in [0.15, 0.2) is 84.9 Å². The maximum absolute atomic E-state index is 4.60. The highest BCUT2D eigenvalue weighted by molar-refractivity contribution is 5.82. The molecule has 4 nitrogen and oxygen atoms in total. The summed E-state index contributed by atoms with van der Waals surface area (Å²) in [5.74, 6) is 0. The van der Waals surface area contributed by atoms with Crippen molar-refractivity contribution in [2.75, 3.05) is 0 Å². The van der Waals surface area contributed by atoms with Crippen LogP contribution in [0.4, 0.5) is 0 Å². The molecule has 0 spiro atoms. The van der Waals surface area contributed by atoms with Crippen molar-refractivity contribution in [3.8, 4) is 0 Å². The zero-order chi connectivity index (χ0) is 20.3. The van der Waals surface area contributed by atoms with Gasteiger partial charge in [0.25, 0.3) is 0 Å². The summed E-state index contributed by atoms with van der Waals surface area (Å²) in [5.41, 5.74) is 5.91. The molecule has 2 aromatic heterocycles. The Balaban J connectivity index is 1.69. The molecule has 0 aliphatic carbocycles. The minimum Gasteiger partial charge on any atom is -0.338 e. The van der Waals surface area contributed by atoms with Gasteiger partial charge in [0.15, 0.2) is 0 Å². The van der Waals surface area contributed by atoms with E-state index in [4.69, 9.17) is 0 Å². The molecule has 150 valence electrons. The van der Waals surface area contributed by atoms with Gasteiger partial charge >= 0.3 is 0 Å². The number of fused-ring (bicyclic) bond motifs is 2. The Morgan fingerprint density at radius 3 is 2.40 bits per heavy atom. The number of para-hydroxylation sites is 2. The van der Waals surface area contributed by atoms with E-state index in [0.29, 0.717) is 0 Å². The van der Waals surface area contributed by atoms with E-state index in [-0.39, 0.29) is 6.04 Å².